The van der Waals surface area contributed by atoms with E-state index in [0.29, 0.717) is 5.89 Å². The van der Waals surface area contributed by atoms with Crippen molar-refractivity contribution >= 4 is 22.0 Å². The van der Waals surface area contributed by atoms with Crippen molar-refractivity contribution in [2.45, 2.75) is 5.41 Å². The molecule has 0 radical (unpaired) electrons. The Hall–Kier alpha value is -5.80. The van der Waals surface area contributed by atoms with Crippen LogP contribution in [-0.2, 0) is 5.41 Å². The van der Waals surface area contributed by atoms with Crippen molar-refractivity contribution < 1.29 is 4.42 Å². The molecule has 1 aliphatic carbocycles. The van der Waals surface area contributed by atoms with E-state index in [4.69, 9.17) is 9.40 Å². The smallest absolute Gasteiger partial charge is 0.227 e. The third-order valence-electron chi connectivity index (χ3n) is 9.03. The second-order valence-corrected chi connectivity index (χ2v) is 11.4. The molecule has 0 saturated carbocycles. The number of oxazole rings is 1. The Labute approximate surface area is 255 Å². The highest BCUT2D eigenvalue weighted by atomic mass is 16.3. The molecule has 0 amide bonds. The minimum Gasteiger partial charge on any atom is -0.436 e. The summed E-state index contributed by atoms with van der Waals surface area (Å²) in [5.41, 5.74) is 13.0. The molecule has 2 heterocycles. The maximum absolute atomic E-state index is 6.23. The quantitative estimate of drug-likeness (QED) is 0.214. The van der Waals surface area contributed by atoms with Crippen LogP contribution >= 0.6 is 0 Å². The third-order valence-corrected chi connectivity index (χ3v) is 9.03. The first-order valence-corrected chi connectivity index (χ1v) is 14.9. The minimum absolute atomic E-state index is 0.430. The number of pyridine rings is 1. The number of hydrogen-bond acceptors (Lipinski definition) is 3. The molecule has 3 heteroatoms. The van der Waals surface area contributed by atoms with Crippen molar-refractivity contribution in [3.8, 4) is 33.7 Å². The average molecular weight is 563 g/mol. The standard InChI is InChI=1S/C41H26N2O/c1-3-11-31(12-4-1)41(32-13-5-2-6-14-32)35-16-8-7-15-33(35)34-20-17-27(25-36(34)41)28-19-22-39-38(26-28)43-40(44-39)30-18-21-37-29(24-30)10-9-23-42-37/h1-26H. The van der Waals surface area contributed by atoms with Crippen molar-refractivity contribution in [3.63, 3.8) is 0 Å². The Balaban J connectivity index is 1.22. The zero-order valence-electron chi connectivity index (χ0n) is 23.8. The molecule has 0 fully saturated rings. The van der Waals surface area contributed by atoms with E-state index in [0.717, 1.165) is 38.7 Å². The highest BCUT2D eigenvalue weighted by Gasteiger charge is 2.46. The summed E-state index contributed by atoms with van der Waals surface area (Å²) in [7, 11) is 0. The fraction of sp³-hybridized carbons (Fsp3) is 0.0244. The van der Waals surface area contributed by atoms with Crippen molar-refractivity contribution in [1.29, 1.82) is 0 Å². The molecule has 3 nitrogen and oxygen atoms in total. The van der Waals surface area contributed by atoms with E-state index in [1.54, 1.807) is 0 Å². The molecule has 0 unspecified atom stereocenters. The van der Waals surface area contributed by atoms with E-state index < -0.39 is 5.41 Å². The first kappa shape index (κ1) is 24.8. The molecule has 1 aliphatic rings. The minimum atomic E-state index is -0.430. The summed E-state index contributed by atoms with van der Waals surface area (Å²) < 4.78 is 6.23. The van der Waals surface area contributed by atoms with Crippen LogP contribution in [0, 0.1) is 0 Å². The van der Waals surface area contributed by atoms with E-state index in [1.807, 2.05) is 30.5 Å². The molecule has 0 N–H and O–H groups in total. The lowest BCUT2D eigenvalue weighted by molar-refractivity contribution is 0.620. The summed E-state index contributed by atoms with van der Waals surface area (Å²) in [6.45, 7) is 0. The van der Waals surface area contributed by atoms with E-state index in [-0.39, 0.29) is 0 Å². The van der Waals surface area contributed by atoms with Crippen LogP contribution in [-0.4, -0.2) is 9.97 Å². The molecule has 9 rings (SSSR count). The second kappa shape index (κ2) is 9.62. The SMILES string of the molecule is c1ccc(C2(c3ccccc3)c3ccccc3-c3ccc(-c4ccc5oc(-c6ccc7ncccc7c6)nc5c4)cc32)cc1. The third kappa shape index (κ3) is 3.63. The zero-order chi connectivity index (χ0) is 29.1. The van der Waals surface area contributed by atoms with E-state index >= 15 is 0 Å². The number of aromatic nitrogens is 2. The van der Waals surface area contributed by atoms with E-state index in [9.17, 15) is 0 Å². The molecule has 0 bridgehead atoms. The van der Waals surface area contributed by atoms with Crippen molar-refractivity contribution in [2.24, 2.45) is 0 Å². The Morgan fingerprint density at radius 2 is 1.16 bits per heavy atom. The Morgan fingerprint density at radius 3 is 1.98 bits per heavy atom. The predicted octanol–water partition coefficient (Wildman–Crippen LogP) is 10.1. The summed E-state index contributed by atoms with van der Waals surface area (Å²) in [6, 6.07) is 54.0. The lowest BCUT2D eigenvalue weighted by atomic mass is 9.67. The van der Waals surface area contributed by atoms with Gasteiger partial charge in [-0.3, -0.25) is 4.98 Å². The maximum Gasteiger partial charge on any atom is 0.227 e. The first-order valence-electron chi connectivity index (χ1n) is 14.9. The largest absolute Gasteiger partial charge is 0.436 e. The van der Waals surface area contributed by atoms with Gasteiger partial charge in [-0.2, -0.15) is 0 Å². The summed E-state index contributed by atoms with van der Waals surface area (Å²) in [5.74, 6) is 0.611. The summed E-state index contributed by atoms with van der Waals surface area (Å²) in [4.78, 5) is 9.36. The normalized spacial score (nSPS) is 13.2. The number of benzene rings is 6. The molecular weight excluding hydrogens is 536 g/mol. The first-order chi connectivity index (χ1) is 21.8. The van der Waals surface area contributed by atoms with Gasteiger partial charge in [-0.05, 0) is 87.0 Å². The van der Waals surface area contributed by atoms with Crippen LogP contribution < -0.4 is 0 Å². The van der Waals surface area contributed by atoms with Gasteiger partial charge in [-0.15, -0.1) is 0 Å². The van der Waals surface area contributed by atoms with Gasteiger partial charge in [0.25, 0.3) is 0 Å². The molecule has 8 aromatic rings. The summed E-state index contributed by atoms with van der Waals surface area (Å²) in [5, 5.41) is 1.06. The molecule has 0 atom stereocenters. The Morgan fingerprint density at radius 1 is 0.477 bits per heavy atom. The van der Waals surface area contributed by atoms with Gasteiger partial charge in [0.2, 0.25) is 5.89 Å². The van der Waals surface area contributed by atoms with Gasteiger partial charge in [-0.1, -0.05) is 109 Å². The number of rotatable bonds is 4. The topological polar surface area (TPSA) is 38.9 Å². The molecule has 0 saturated heterocycles. The zero-order valence-corrected chi connectivity index (χ0v) is 23.8. The van der Waals surface area contributed by atoms with Crippen LogP contribution in [0.3, 0.4) is 0 Å². The lowest BCUT2D eigenvalue weighted by Crippen LogP contribution is -2.28. The van der Waals surface area contributed by atoms with Crippen LogP contribution in [0.2, 0.25) is 0 Å². The molecule has 2 aromatic heterocycles. The van der Waals surface area contributed by atoms with Gasteiger partial charge in [0.15, 0.2) is 5.58 Å². The molecule has 0 spiro atoms. The molecule has 6 aromatic carbocycles. The molecule has 44 heavy (non-hydrogen) atoms. The number of nitrogens with zero attached hydrogens (tertiary/aromatic N) is 2. The lowest BCUT2D eigenvalue weighted by Gasteiger charge is -2.34. The second-order valence-electron chi connectivity index (χ2n) is 11.4. The van der Waals surface area contributed by atoms with Gasteiger partial charge < -0.3 is 4.42 Å². The predicted molar refractivity (Wildman–Crippen MR) is 177 cm³/mol. The maximum atomic E-state index is 6.23. The Kier molecular flexibility index (Phi) is 5.41. The van der Waals surface area contributed by atoms with Crippen LogP contribution in [0.1, 0.15) is 22.3 Å². The van der Waals surface area contributed by atoms with Gasteiger partial charge in [0, 0.05) is 17.1 Å². The van der Waals surface area contributed by atoms with Crippen molar-refractivity contribution in [2.75, 3.05) is 0 Å². The van der Waals surface area contributed by atoms with Gasteiger partial charge in [0.1, 0.15) is 5.52 Å². The van der Waals surface area contributed by atoms with Gasteiger partial charge >= 0.3 is 0 Å². The molecule has 0 aliphatic heterocycles. The Bertz CT molecular complexity index is 2300. The van der Waals surface area contributed by atoms with Gasteiger partial charge in [-0.25, -0.2) is 4.98 Å². The summed E-state index contributed by atoms with van der Waals surface area (Å²) in [6.07, 6.45) is 1.81. The molecule has 206 valence electrons. The van der Waals surface area contributed by atoms with Crippen molar-refractivity contribution in [1.82, 2.24) is 9.97 Å². The van der Waals surface area contributed by atoms with Crippen LogP contribution in [0.4, 0.5) is 0 Å². The fourth-order valence-corrected chi connectivity index (χ4v) is 7.06. The number of fused-ring (bicyclic) bond motifs is 5. The van der Waals surface area contributed by atoms with Gasteiger partial charge in [0.05, 0.1) is 10.9 Å². The van der Waals surface area contributed by atoms with Crippen LogP contribution in [0.25, 0.3) is 55.7 Å². The van der Waals surface area contributed by atoms with Crippen LogP contribution in [0.15, 0.2) is 162 Å². The van der Waals surface area contributed by atoms with Crippen molar-refractivity contribution in [3.05, 3.63) is 180 Å². The monoisotopic (exact) mass is 562 g/mol. The molecular formula is C41H26N2O. The highest BCUT2D eigenvalue weighted by Crippen LogP contribution is 2.56. The van der Waals surface area contributed by atoms with E-state index in [1.165, 1.54) is 33.4 Å². The average Bonchev–Trinajstić information content (AvgIpc) is 3.66. The van der Waals surface area contributed by atoms with E-state index in [2.05, 4.69) is 132 Å². The highest BCUT2D eigenvalue weighted by molar-refractivity contribution is 5.90. The fourth-order valence-electron chi connectivity index (χ4n) is 7.06. The van der Waals surface area contributed by atoms with Crippen LogP contribution in [0.5, 0.6) is 0 Å². The summed E-state index contributed by atoms with van der Waals surface area (Å²) >= 11 is 0. The number of hydrogen-bond donors (Lipinski definition) is 0.